The number of nitrogens with zero attached hydrogens (tertiary/aromatic N) is 1. The van der Waals surface area contributed by atoms with Gasteiger partial charge in [0.1, 0.15) is 5.70 Å². The summed E-state index contributed by atoms with van der Waals surface area (Å²) in [6, 6.07) is 18.0. The lowest BCUT2D eigenvalue weighted by Gasteiger charge is -2.33. The van der Waals surface area contributed by atoms with Crippen LogP contribution in [0.25, 0.3) is 11.6 Å². The molecule has 0 aliphatic carbocycles. The molecule has 1 aliphatic heterocycles. The summed E-state index contributed by atoms with van der Waals surface area (Å²) in [6.45, 7) is 1.04. The minimum absolute atomic E-state index is 0.170. The Bertz CT molecular complexity index is 761. The average Bonchev–Trinajstić information content (AvgIpc) is 2.66. The van der Waals surface area contributed by atoms with E-state index in [9.17, 15) is 13.2 Å². The predicted molar refractivity (Wildman–Crippen MR) is 97.3 cm³/mol. The van der Waals surface area contributed by atoms with E-state index in [-0.39, 0.29) is 18.7 Å². The maximum atomic E-state index is 14.0. The molecule has 0 atom stereocenters. The maximum absolute atomic E-state index is 14.0. The molecule has 0 N–H and O–H groups in total. The van der Waals surface area contributed by atoms with Gasteiger partial charge in [-0.15, -0.1) is 0 Å². The van der Waals surface area contributed by atoms with Gasteiger partial charge in [0.2, 0.25) is 0 Å². The van der Waals surface area contributed by atoms with Crippen LogP contribution in [0.2, 0.25) is 0 Å². The second kappa shape index (κ2) is 8.23. The number of morpholine rings is 1. The molecule has 1 aliphatic rings. The number of alkyl halides is 3. The smallest absolute Gasteiger partial charge is 0.378 e. The topological polar surface area (TPSA) is 12.5 Å². The molecule has 1 heterocycles. The van der Waals surface area contributed by atoms with Crippen molar-refractivity contribution in [1.82, 2.24) is 4.90 Å². The molecule has 2 aromatic carbocycles. The van der Waals surface area contributed by atoms with Crippen molar-refractivity contribution in [3.8, 4) is 0 Å². The van der Waals surface area contributed by atoms with Gasteiger partial charge in [0.15, 0.2) is 0 Å². The molecule has 5 heteroatoms. The van der Waals surface area contributed by atoms with E-state index >= 15 is 0 Å². The molecule has 136 valence electrons. The second-order valence-corrected chi connectivity index (χ2v) is 5.97. The van der Waals surface area contributed by atoms with Gasteiger partial charge in [-0.05, 0) is 11.1 Å². The SMILES string of the molecule is FC(F)(F)/C(=C(/C=C/c1ccccc1)c1ccccc1)N1CCOCC1. The molecule has 0 bridgehead atoms. The van der Waals surface area contributed by atoms with Crippen LogP contribution in [0.5, 0.6) is 0 Å². The monoisotopic (exact) mass is 359 g/mol. The number of hydrogen-bond acceptors (Lipinski definition) is 2. The summed E-state index contributed by atoms with van der Waals surface area (Å²) in [4.78, 5) is 1.38. The van der Waals surface area contributed by atoms with Gasteiger partial charge in [0, 0.05) is 18.7 Å². The van der Waals surface area contributed by atoms with Crippen LogP contribution in [-0.4, -0.2) is 37.4 Å². The Balaban J connectivity index is 2.11. The number of hydrogen-bond donors (Lipinski definition) is 0. The van der Waals surface area contributed by atoms with Crippen LogP contribution in [0.15, 0.2) is 72.4 Å². The fourth-order valence-electron chi connectivity index (χ4n) is 2.96. The highest BCUT2D eigenvalue weighted by Crippen LogP contribution is 2.36. The zero-order chi connectivity index (χ0) is 18.4. The Morgan fingerprint density at radius 2 is 1.46 bits per heavy atom. The number of halogens is 3. The third-order valence-corrected chi connectivity index (χ3v) is 4.18. The number of benzene rings is 2. The normalized spacial score (nSPS) is 16.7. The van der Waals surface area contributed by atoms with Crippen LogP contribution in [0.4, 0.5) is 13.2 Å². The summed E-state index contributed by atoms with van der Waals surface area (Å²) in [5.41, 5.74) is 0.950. The van der Waals surface area contributed by atoms with Crippen LogP contribution >= 0.6 is 0 Å². The van der Waals surface area contributed by atoms with E-state index in [1.165, 1.54) is 4.90 Å². The largest absolute Gasteiger partial charge is 0.431 e. The first-order chi connectivity index (χ1) is 12.6. The number of allylic oxidation sites excluding steroid dienone is 3. The summed E-state index contributed by atoms with van der Waals surface area (Å²) in [5.74, 6) is 0. The van der Waals surface area contributed by atoms with Crippen molar-refractivity contribution in [2.45, 2.75) is 6.18 Å². The van der Waals surface area contributed by atoms with Gasteiger partial charge >= 0.3 is 6.18 Å². The maximum Gasteiger partial charge on any atom is 0.431 e. The van der Waals surface area contributed by atoms with E-state index in [1.807, 2.05) is 30.3 Å². The lowest BCUT2D eigenvalue weighted by molar-refractivity contribution is -0.117. The summed E-state index contributed by atoms with van der Waals surface area (Å²) in [5, 5.41) is 0. The van der Waals surface area contributed by atoms with Crippen molar-refractivity contribution in [2.24, 2.45) is 0 Å². The predicted octanol–water partition coefficient (Wildman–Crippen LogP) is 5.01. The van der Waals surface area contributed by atoms with Crippen molar-refractivity contribution < 1.29 is 17.9 Å². The molecule has 0 spiro atoms. The first-order valence-electron chi connectivity index (χ1n) is 8.48. The van der Waals surface area contributed by atoms with Gasteiger partial charge in [0.05, 0.1) is 13.2 Å². The van der Waals surface area contributed by atoms with Gasteiger partial charge in [-0.1, -0.05) is 72.8 Å². The number of ether oxygens (including phenoxy) is 1. The highest BCUT2D eigenvalue weighted by Gasteiger charge is 2.40. The zero-order valence-electron chi connectivity index (χ0n) is 14.2. The average molecular weight is 359 g/mol. The molecule has 2 aromatic rings. The van der Waals surface area contributed by atoms with Crippen LogP contribution in [0.3, 0.4) is 0 Å². The Labute approximate surface area is 151 Å². The van der Waals surface area contributed by atoms with Gasteiger partial charge < -0.3 is 9.64 Å². The molecule has 0 radical (unpaired) electrons. The number of rotatable bonds is 4. The van der Waals surface area contributed by atoms with E-state index in [0.29, 0.717) is 18.8 Å². The second-order valence-electron chi connectivity index (χ2n) is 5.97. The van der Waals surface area contributed by atoms with Crippen molar-refractivity contribution >= 4 is 11.6 Å². The molecule has 1 fully saturated rings. The Morgan fingerprint density at radius 1 is 0.885 bits per heavy atom. The molecule has 2 nitrogen and oxygen atoms in total. The quantitative estimate of drug-likeness (QED) is 0.712. The first kappa shape index (κ1) is 18.3. The lowest BCUT2D eigenvalue weighted by atomic mass is 10.0. The van der Waals surface area contributed by atoms with Crippen LogP contribution in [0.1, 0.15) is 11.1 Å². The van der Waals surface area contributed by atoms with E-state index in [4.69, 9.17) is 4.74 Å². The molecule has 0 saturated carbocycles. The van der Waals surface area contributed by atoms with Gasteiger partial charge in [-0.25, -0.2) is 0 Å². The minimum atomic E-state index is -4.45. The van der Waals surface area contributed by atoms with Crippen LogP contribution in [-0.2, 0) is 4.74 Å². The molecular weight excluding hydrogens is 339 g/mol. The lowest BCUT2D eigenvalue weighted by Crippen LogP contribution is -2.40. The van der Waals surface area contributed by atoms with Crippen molar-refractivity contribution in [3.05, 3.63) is 83.6 Å². The third-order valence-electron chi connectivity index (χ3n) is 4.18. The van der Waals surface area contributed by atoms with E-state index in [1.54, 1.807) is 42.5 Å². The summed E-state index contributed by atoms with van der Waals surface area (Å²) < 4.78 is 47.2. The summed E-state index contributed by atoms with van der Waals surface area (Å²) >= 11 is 0. The van der Waals surface area contributed by atoms with Crippen LogP contribution < -0.4 is 0 Å². The highest BCUT2D eigenvalue weighted by molar-refractivity contribution is 5.81. The van der Waals surface area contributed by atoms with Gasteiger partial charge in [-0.3, -0.25) is 0 Å². The molecule has 0 unspecified atom stereocenters. The van der Waals surface area contributed by atoms with Crippen LogP contribution in [0, 0.1) is 0 Å². The van der Waals surface area contributed by atoms with E-state index in [2.05, 4.69) is 0 Å². The first-order valence-corrected chi connectivity index (χ1v) is 8.48. The van der Waals surface area contributed by atoms with Crippen molar-refractivity contribution in [1.29, 1.82) is 0 Å². The van der Waals surface area contributed by atoms with Gasteiger partial charge in [-0.2, -0.15) is 13.2 Å². The van der Waals surface area contributed by atoms with E-state index < -0.39 is 11.9 Å². The Morgan fingerprint density at radius 3 is 2.04 bits per heavy atom. The molecule has 26 heavy (non-hydrogen) atoms. The Kier molecular flexibility index (Phi) is 5.78. The molecule has 0 aromatic heterocycles. The standard InChI is InChI=1S/C21H20F3NO/c22-21(23,24)20(25-13-15-26-16-14-25)19(18-9-5-2-6-10-18)12-11-17-7-3-1-4-8-17/h1-12H,13-16H2/b12-11+,20-19+. The van der Waals surface area contributed by atoms with Crippen molar-refractivity contribution in [3.63, 3.8) is 0 Å². The molecule has 3 rings (SSSR count). The summed E-state index contributed by atoms with van der Waals surface area (Å²) in [6.07, 6.45) is -1.18. The fraction of sp³-hybridized carbons (Fsp3) is 0.238. The fourth-order valence-corrected chi connectivity index (χ4v) is 2.96. The summed E-state index contributed by atoms with van der Waals surface area (Å²) in [7, 11) is 0. The molecule has 1 saturated heterocycles. The van der Waals surface area contributed by atoms with E-state index in [0.717, 1.165) is 5.56 Å². The Hall–Kier alpha value is -2.53. The van der Waals surface area contributed by atoms with Crippen molar-refractivity contribution in [2.75, 3.05) is 26.3 Å². The third kappa shape index (κ3) is 4.55. The highest BCUT2D eigenvalue weighted by atomic mass is 19.4. The zero-order valence-corrected chi connectivity index (χ0v) is 14.2. The minimum Gasteiger partial charge on any atom is -0.378 e. The van der Waals surface area contributed by atoms with Gasteiger partial charge in [0.25, 0.3) is 0 Å². The molecule has 0 amide bonds. The molecular formula is C21H20F3NO.